The van der Waals surface area contributed by atoms with Crippen LogP contribution in [0.3, 0.4) is 0 Å². The first kappa shape index (κ1) is 10.1. The van der Waals surface area contributed by atoms with Crippen LogP contribution in [0, 0.1) is 0 Å². The number of rotatable bonds is 2. The zero-order valence-electron chi connectivity index (χ0n) is 8.51. The van der Waals surface area contributed by atoms with Crippen LogP contribution in [0.4, 0.5) is 0 Å². The number of carbonyl (C=O) groups is 1. The lowest BCUT2D eigenvalue weighted by Gasteiger charge is -2.18. The Morgan fingerprint density at radius 2 is 2.13 bits per heavy atom. The molecule has 1 aliphatic rings. The number of benzene rings is 1. The van der Waals surface area contributed by atoms with Gasteiger partial charge in [-0.25, -0.2) is 9.90 Å². The average Bonchev–Trinajstić information content (AvgIpc) is 2.41. The van der Waals surface area contributed by atoms with Crippen LogP contribution in [0.25, 0.3) is 0 Å². The number of nitrogens with zero attached hydrogens (tertiary/aromatic N) is 1. The maximum atomic E-state index is 11.4. The van der Waals surface area contributed by atoms with Crippen molar-refractivity contribution in [2.45, 2.75) is 25.7 Å². The minimum absolute atomic E-state index is 0.0137. The summed E-state index contributed by atoms with van der Waals surface area (Å²) in [5, 5.41) is 10.7. The lowest BCUT2D eigenvalue weighted by Crippen LogP contribution is -2.27. The van der Waals surface area contributed by atoms with E-state index in [9.17, 15) is 9.90 Å². The smallest absolute Gasteiger partial charge is 0.252 e. The first-order valence-electron chi connectivity index (χ1n) is 4.83. The van der Waals surface area contributed by atoms with Crippen molar-refractivity contribution < 1.29 is 14.7 Å². The Bertz CT molecular complexity index is 361. The van der Waals surface area contributed by atoms with E-state index in [1.165, 1.54) is 12.0 Å². The molecule has 1 aromatic rings. The highest BCUT2D eigenvalue weighted by molar-refractivity contribution is 5.77. The molecule has 1 fully saturated rings. The van der Waals surface area contributed by atoms with Crippen molar-refractivity contribution in [3.63, 3.8) is 0 Å². The van der Waals surface area contributed by atoms with Gasteiger partial charge in [0.05, 0.1) is 13.0 Å². The zero-order chi connectivity index (χ0) is 10.9. The van der Waals surface area contributed by atoms with Crippen molar-refractivity contribution in [1.82, 2.24) is 5.06 Å². The average molecular weight is 207 g/mol. The quantitative estimate of drug-likeness (QED) is 0.788. The second-order valence-electron chi connectivity index (χ2n) is 3.86. The Morgan fingerprint density at radius 1 is 1.47 bits per heavy atom. The summed E-state index contributed by atoms with van der Waals surface area (Å²) in [5.74, 6) is -1.55. The predicted octanol–water partition coefficient (Wildman–Crippen LogP) is 1.06. The summed E-state index contributed by atoms with van der Waals surface area (Å²) in [5.41, 5.74) is 0.976. The number of carbonyl (C=O) groups excluding carboxylic acids is 1. The SMILES string of the molecule is CC1(O)CC(=O)N(Cc2ccccc2)O1. The van der Waals surface area contributed by atoms with Crippen molar-refractivity contribution in [1.29, 1.82) is 0 Å². The van der Waals surface area contributed by atoms with Gasteiger partial charge in [-0.05, 0) is 12.5 Å². The molecular weight excluding hydrogens is 194 g/mol. The van der Waals surface area contributed by atoms with Crippen molar-refractivity contribution in [3.05, 3.63) is 35.9 Å². The summed E-state index contributed by atoms with van der Waals surface area (Å²) in [6.07, 6.45) is 0.0137. The minimum atomic E-state index is -1.36. The molecule has 1 aliphatic heterocycles. The van der Waals surface area contributed by atoms with Crippen LogP contribution in [0.2, 0.25) is 0 Å². The third-order valence-corrected chi connectivity index (χ3v) is 2.23. The lowest BCUT2D eigenvalue weighted by molar-refractivity contribution is -0.272. The normalized spacial score (nSPS) is 26.0. The van der Waals surface area contributed by atoms with Crippen molar-refractivity contribution in [2.75, 3.05) is 0 Å². The summed E-state index contributed by atoms with van der Waals surface area (Å²) >= 11 is 0. The Hall–Kier alpha value is -1.39. The topological polar surface area (TPSA) is 49.8 Å². The molecule has 1 heterocycles. The van der Waals surface area contributed by atoms with Gasteiger partial charge in [-0.2, -0.15) is 0 Å². The summed E-state index contributed by atoms with van der Waals surface area (Å²) in [6, 6.07) is 9.52. The van der Waals surface area contributed by atoms with Gasteiger partial charge < -0.3 is 5.11 Å². The predicted molar refractivity (Wildman–Crippen MR) is 53.3 cm³/mol. The van der Waals surface area contributed by atoms with Crippen LogP contribution >= 0.6 is 0 Å². The number of hydrogen-bond donors (Lipinski definition) is 1. The van der Waals surface area contributed by atoms with Crippen LogP contribution in [-0.2, 0) is 16.2 Å². The fourth-order valence-electron chi connectivity index (χ4n) is 1.56. The molecule has 0 spiro atoms. The van der Waals surface area contributed by atoms with Gasteiger partial charge in [0, 0.05) is 0 Å². The van der Waals surface area contributed by atoms with Crippen molar-refractivity contribution in [2.24, 2.45) is 0 Å². The number of amides is 1. The van der Waals surface area contributed by atoms with E-state index in [-0.39, 0.29) is 12.3 Å². The molecule has 0 radical (unpaired) electrons. The van der Waals surface area contributed by atoms with Gasteiger partial charge in [0.1, 0.15) is 0 Å². The van der Waals surface area contributed by atoms with Crippen LogP contribution in [-0.4, -0.2) is 21.9 Å². The molecule has 0 saturated carbocycles. The summed E-state index contributed by atoms with van der Waals surface area (Å²) in [6.45, 7) is 1.85. The van der Waals surface area contributed by atoms with E-state index >= 15 is 0 Å². The standard InChI is InChI=1S/C11H13NO3/c1-11(14)7-10(13)12(15-11)8-9-5-3-2-4-6-9/h2-6,14H,7-8H2,1H3. The highest BCUT2D eigenvalue weighted by Crippen LogP contribution is 2.24. The minimum Gasteiger partial charge on any atom is -0.364 e. The van der Waals surface area contributed by atoms with Crippen LogP contribution in [0.5, 0.6) is 0 Å². The molecule has 4 nitrogen and oxygen atoms in total. The molecule has 1 amide bonds. The Kier molecular flexibility index (Phi) is 2.46. The van der Waals surface area contributed by atoms with E-state index in [1.807, 2.05) is 30.3 Å². The molecule has 1 atom stereocenters. The van der Waals surface area contributed by atoms with Crippen molar-refractivity contribution in [3.8, 4) is 0 Å². The maximum Gasteiger partial charge on any atom is 0.252 e. The second kappa shape index (κ2) is 3.64. The fourth-order valence-corrected chi connectivity index (χ4v) is 1.56. The monoisotopic (exact) mass is 207 g/mol. The van der Waals surface area contributed by atoms with Crippen LogP contribution in [0.1, 0.15) is 18.9 Å². The first-order valence-corrected chi connectivity index (χ1v) is 4.83. The molecule has 1 aromatic carbocycles. The van der Waals surface area contributed by atoms with E-state index in [0.717, 1.165) is 5.56 Å². The number of aliphatic hydroxyl groups is 1. The van der Waals surface area contributed by atoms with E-state index in [2.05, 4.69) is 0 Å². The highest BCUT2D eigenvalue weighted by Gasteiger charge is 2.39. The van der Waals surface area contributed by atoms with Crippen LogP contribution < -0.4 is 0 Å². The summed E-state index contributed by atoms with van der Waals surface area (Å²) in [4.78, 5) is 16.5. The summed E-state index contributed by atoms with van der Waals surface area (Å²) in [7, 11) is 0. The van der Waals surface area contributed by atoms with Gasteiger partial charge >= 0.3 is 0 Å². The first-order chi connectivity index (χ1) is 7.07. The Balaban J connectivity index is 2.05. The zero-order valence-corrected chi connectivity index (χ0v) is 8.51. The summed E-state index contributed by atoms with van der Waals surface area (Å²) < 4.78 is 0. The molecule has 15 heavy (non-hydrogen) atoms. The Labute approximate surface area is 88.0 Å². The van der Waals surface area contributed by atoms with Gasteiger partial charge in [-0.3, -0.25) is 4.79 Å². The van der Waals surface area contributed by atoms with Gasteiger partial charge in [0.2, 0.25) is 0 Å². The third-order valence-electron chi connectivity index (χ3n) is 2.23. The molecule has 1 N–H and O–H groups in total. The number of hydrogen-bond acceptors (Lipinski definition) is 3. The van der Waals surface area contributed by atoms with Gasteiger partial charge in [-0.1, -0.05) is 30.3 Å². The highest BCUT2D eigenvalue weighted by atomic mass is 16.8. The van der Waals surface area contributed by atoms with Crippen LogP contribution in [0.15, 0.2) is 30.3 Å². The van der Waals surface area contributed by atoms with Crippen molar-refractivity contribution >= 4 is 5.91 Å². The lowest BCUT2D eigenvalue weighted by atomic mass is 10.2. The molecule has 4 heteroatoms. The fraction of sp³-hybridized carbons (Fsp3) is 0.364. The second-order valence-corrected chi connectivity index (χ2v) is 3.86. The molecule has 0 bridgehead atoms. The molecule has 1 saturated heterocycles. The Morgan fingerprint density at radius 3 is 2.67 bits per heavy atom. The van der Waals surface area contributed by atoms with E-state index < -0.39 is 5.79 Å². The molecule has 2 rings (SSSR count). The molecule has 1 unspecified atom stereocenters. The van der Waals surface area contributed by atoms with E-state index in [0.29, 0.717) is 6.54 Å². The molecule has 0 aromatic heterocycles. The number of hydroxylamine groups is 2. The third kappa shape index (κ3) is 2.34. The molecular formula is C11H13NO3. The van der Waals surface area contributed by atoms with Gasteiger partial charge in [0.25, 0.3) is 5.91 Å². The largest absolute Gasteiger partial charge is 0.364 e. The van der Waals surface area contributed by atoms with E-state index in [4.69, 9.17) is 4.84 Å². The van der Waals surface area contributed by atoms with Gasteiger partial charge in [0.15, 0.2) is 5.79 Å². The molecule has 80 valence electrons. The van der Waals surface area contributed by atoms with E-state index in [1.54, 1.807) is 0 Å². The maximum absolute atomic E-state index is 11.4. The van der Waals surface area contributed by atoms with Gasteiger partial charge in [-0.15, -0.1) is 0 Å². The molecule has 0 aliphatic carbocycles.